The summed E-state index contributed by atoms with van der Waals surface area (Å²) < 4.78 is 16.2. The predicted molar refractivity (Wildman–Crippen MR) is 101 cm³/mol. The highest BCUT2D eigenvalue weighted by Gasteiger charge is 2.08. The molecular formula is C18H27N3O3S. The van der Waals surface area contributed by atoms with Crippen molar-refractivity contribution in [2.45, 2.75) is 13.0 Å². The Morgan fingerprint density at radius 3 is 2.24 bits per heavy atom. The van der Waals surface area contributed by atoms with Crippen molar-refractivity contribution in [3.05, 3.63) is 41.0 Å². The summed E-state index contributed by atoms with van der Waals surface area (Å²) >= 11 is 1.65. The van der Waals surface area contributed by atoms with E-state index in [1.54, 1.807) is 11.3 Å². The molecule has 4 N–H and O–H groups in total. The number of rotatable bonds is 12. The van der Waals surface area contributed by atoms with Gasteiger partial charge in [0.25, 0.3) is 0 Å². The maximum atomic E-state index is 6.18. The summed E-state index contributed by atoms with van der Waals surface area (Å²) in [7, 11) is 0. The van der Waals surface area contributed by atoms with Gasteiger partial charge in [0.2, 0.25) is 0 Å². The van der Waals surface area contributed by atoms with E-state index in [-0.39, 0.29) is 6.04 Å². The molecule has 0 unspecified atom stereocenters. The lowest BCUT2D eigenvalue weighted by atomic mass is 10.0. The van der Waals surface area contributed by atoms with E-state index < -0.39 is 0 Å². The molecule has 1 heterocycles. The highest BCUT2D eigenvalue weighted by atomic mass is 32.1. The van der Waals surface area contributed by atoms with Gasteiger partial charge < -0.3 is 25.7 Å². The Hall–Kier alpha value is -1.35. The Morgan fingerprint density at radius 2 is 1.64 bits per heavy atom. The lowest BCUT2D eigenvalue weighted by Gasteiger charge is -2.13. The molecule has 0 saturated carbocycles. The van der Waals surface area contributed by atoms with Crippen LogP contribution in [0, 0.1) is 6.92 Å². The van der Waals surface area contributed by atoms with E-state index in [0.717, 1.165) is 11.3 Å². The molecule has 1 aromatic carbocycles. The molecule has 0 fully saturated rings. The van der Waals surface area contributed by atoms with Crippen LogP contribution in [-0.2, 0) is 14.2 Å². The number of ether oxygens (including phenoxy) is 3. The first-order valence-electron chi connectivity index (χ1n) is 8.41. The number of aryl methyl sites for hydroxylation is 1. The molecule has 2 rings (SSSR count). The second-order valence-corrected chi connectivity index (χ2v) is 6.44. The molecule has 0 aliphatic rings. The summed E-state index contributed by atoms with van der Waals surface area (Å²) in [6.07, 6.45) is 0. The number of benzene rings is 1. The Morgan fingerprint density at radius 1 is 1.00 bits per heavy atom. The van der Waals surface area contributed by atoms with Gasteiger partial charge in [-0.05, 0) is 18.1 Å². The van der Waals surface area contributed by atoms with E-state index >= 15 is 0 Å². The molecule has 0 aliphatic carbocycles. The van der Waals surface area contributed by atoms with Gasteiger partial charge in [0.15, 0.2) is 0 Å². The fourth-order valence-electron chi connectivity index (χ4n) is 2.29. The quantitative estimate of drug-likeness (QED) is 0.560. The van der Waals surface area contributed by atoms with Crippen molar-refractivity contribution in [2.24, 2.45) is 11.5 Å². The molecule has 0 saturated heterocycles. The molecular weight excluding hydrogens is 338 g/mol. The third kappa shape index (κ3) is 6.81. The Kier molecular flexibility index (Phi) is 9.03. The number of hydrogen-bond acceptors (Lipinski definition) is 7. The SMILES string of the molecule is Cc1ncsc1-c1ccc([C@@H](N)COCCOCCOCCN)cc1. The molecule has 0 spiro atoms. The van der Waals surface area contributed by atoms with Crippen molar-refractivity contribution >= 4 is 11.3 Å². The summed E-state index contributed by atoms with van der Waals surface area (Å²) in [5, 5.41) is 0. The average Bonchev–Trinajstić information content (AvgIpc) is 3.06. The van der Waals surface area contributed by atoms with Gasteiger partial charge in [-0.3, -0.25) is 0 Å². The third-order valence-corrected chi connectivity index (χ3v) is 4.63. The molecule has 1 atom stereocenters. The van der Waals surface area contributed by atoms with Crippen molar-refractivity contribution < 1.29 is 14.2 Å². The molecule has 0 amide bonds. The van der Waals surface area contributed by atoms with E-state index in [9.17, 15) is 0 Å². The zero-order chi connectivity index (χ0) is 17.9. The van der Waals surface area contributed by atoms with Gasteiger partial charge in [-0.25, -0.2) is 4.98 Å². The number of nitrogens with two attached hydrogens (primary N) is 2. The van der Waals surface area contributed by atoms with Crippen molar-refractivity contribution in [2.75, 3.05) is 46.2 Å². The maximum absolute atomic E-state index is 6.18. The van der Waals surface area contributed by atoms with Crippen molar-refractivity contribution in [3.63, 3.8) is 0 Å². The molecule has 0 bridgehead atoms. The van der Waals surface area contributed by atoms with Gasteiger partial charge in [0.1, 0.15) is 0 Å². The second kappa shape index (κ2) is 11.3. The van der Waals surface area contributed by atoms with Crippen molar-refractivity contribution in [1.29, 1.82) is 0 Å². The Balaban J connectivity index is 1.64. The summed E-state index contributed by atoms with van der Waals surface area (Å²) in [5.74, 6) is 0. The molecule has 1 aromatic heterocycles. The first kappa shape index (κ1) is 20.0. The minimum atomic E-state index is -0.149. The van der Waals surface area contributed by atoms with Crippen LogP contribution in [0.25, 0.3) is 10.4 Å². The van der Waals surface area contributed by atoms with Crippen LogP contribution in [0.4, 0.5) is 0 Å². The maximum Gasteiger partial charge on any atom is 0.0801 e. The van der Waals surface area contributed by atoms with Crippen molar-refractivity contribution in [3.8, 4) is 10.4 Å². The Bertz CT molecular complexity index is 604. The molecule has 2 aromatic rings. The van der Waals surface area contributed by atoms with E-state index in [2.05, 4.69) is 17.1 Å². The van der Waals surface area contributed by atoms with Crippen LogP contribution in [0.15, 0.2) is 29.8 Å². The molecule has 0 radical (unpaired) electrons. The molecule has 0 aliphatic heterocycles. The number of nitrogens with zero attached hydrogens (tertiary/aromatic N) is 1. The van der Waals surface area contributed by atoms with Crippen LogP contribution in [0.2, 0.25) is 0 Å². The lowest BCUT2D eigenvalue weighted by molar-refractivity contribution is 0.0134. The zero-order valence-corrected chi connectivity index (χ0v) is 15.5. The van der Waals surface area contributed by atoms with E-state index in [1.165, 1.54) is 10.4 Å². The third-order valence-electron chi connectivity index (χ3n) is 3.65. The van der Waals surface area contributed by atoms with Crippen molar-refractivity contribution in [1.82, 2.24) is 4.98 Å². The molecule has 6 nitrogen and oxygen atoms in total. The highest BCUT2D eigenvalue weighted by molar-refractivity contribution is 7.13. The van der Waals surface area contributed by atoms with Gasteiger partial charge >= 0.3 is 0 Å². The fraction of sp³-hybridized carbons (Fsp3) is 0.500. The van der Waals surface area contributed by atoms with Crippen LogP contribution in [0.5, 0.6) is 0 Å². The summed E-state index contributed by atoms with van der Waals surface area (Å²) in [6, 6.07) is 8.12. The topological polar surface area (TPSA) is 92.6 Å². The number of aromatic nitrogens is 1. The summed E-state index contributed by atoms with van der Waals surface area (Å²) in [6.45, 7) is 5.74. The fourth-order valence-corrected chi connectivity index (χ4v) is 3.10. The minimum absolute atomic E-state index is 0.149. The normalized spacial score (nSPS) is 12.4. The monoisotopic (exact) mass is 365 g/mol. The van der Waals surface area contributed by atoms with Gasteiger partial charge in [-0.2, -0.15) is 0 Å². The molecule has 7 heteroatoms. The summed E-state index contributed by atoms with van der Waals surface area (Å²) in [4.78, 5) is 5.48. The van der Waals surface area contributed by atoms with Crippen LogP contribution in [0.1, 0.15) is 17.3 Å². The second-order valence-electron chi connectivity index (χ2n) is 5.58. The number of thiazole rings is 1. The Labute approximate surface area is 153 Å². The molecule has 25 heavy (non-hydrogen) atoms. The minimum Gasteiger partial charge on any atom is -0.378 e. The van der Waals surface area contributed by atoms with E-state index in [4.69, 9.17) is 25.7 Å². The van der Waals surface area contributed by atoms with Crippen LogP contribution in [0.3, 0.4) is 0 Å². The van der Waals surface area contributed by atoms with E-state index in [1.807, 2.05) is 24.6 Å². The smallest absolute Gasteiger partial charge is 0.0801 e. The number of hydrogen-bond donors (Lipinski definition) is 2. The van der Waals surface area contributed by atoms with Crippen LogP contribution in [-0.4, -0.2) is 51.2 Å². The van der Waals surface area contributed by atoms with Crippen LogP contribution < -0.4 is 11.5 Å². The van der Waals surface area contributed by atoms with Gasteiger partial charge in [-0.15, -0.1) is 11.3 Å². The van der Waals surface area contributed by atoms with Crippen LogP contribution >= 0.6 is 11.3 Å². The highest BCUT2D eigenvalue weighted by Crippen LogP contribution is 2.27. The zero-order valence-electron chi connectivity index (χ0n) is 14.6. The largest absolute Gasteiger partial charge is 0.378 e. The van der Waals surface area contributed by atoms with Gasteiger partial charge in [-0.1, -0.05) is 24.3 Å². The lowest BCUT2D eigenvalue weighted by Crippen LogP contribution is -2.19. The molecule has 138 valence electrons. The van der Waals surface area contributed by atoms with Gasteiger partial charge in [0, 0.05) is 6.54 Å². The average molecular weight is 365 g/mol. The first-order valence-corrected chi connectivity index (χ1v) is 9.29. The van der Waals surface area contributed by atoms with E-state index in [0.29, 0.717) is 46.2 Å². The predicted octanol–water partition coefficient (Wildman–Crippen LogP) is 2.13. The van der Waals surface area contributed by atoms with Gasteiger partial charge in [0.05, 0.1) is 61.8 Å². The standard InChI is InChI=1S/C18H27N3O3S/c1-14-18(25-13-21-14)16-4-2-15(3-5-16)17(20)12-24-11-10-23-9-8-22-7-6-19/h2-5,13,17H,6-12,19-20H2,1H3/t17-/m0/s1. The first-order chi connectivity index (χ1) is 12.2. The summed E-state index contributed by atoms with van der Waals surface area (Å²) in [5.41, 5.74) is 16.7.